The lowest BCUT2D eigenvalue weighted by molar-refractivity contribution is -0.442. The first-order chi connectivity index (χ1) is 18.0. The molecule has 7 aliphatic rings. The number of aliphatic hydroxyl groups excluding tert-OH is 1. The van der Waals surface area contributed by atoms with E-state index in [2.05, 4.69) is 13.0 Å². The van der Waals surface area contributed by atoms with E-state index in [1.807, 2.05) is 6.92 Å². The highest BCUT2D eigenvalue weighted by Crippen LogP contribution is 2.69. The van der Waals surface area contributed by atoms with E-state index in [1.54, 1.807) is 13.2 Å². The summed E-state index contributed by atoms with van der Waals surface area (Å²) in [7, 11) is 1.56. The number of aliphatic hydroxyl groups is 3. The largest absolute Gasteiger partial charge is 0.458 e. The number of carbonyl (C=O) groups excluding carboxylic acids is 1. The van der Waals surface area contributed by atoms with Crippen molar-refractivity contribution in [3.05, 3.63) is 23.3 Å². The minimum Gasteiger partial charge on any atom is -0.458 e. The summed E-state index contributed by atoms with van der Waals surface area (Å²) in [6, 6.07) is 0. The first kappa shape index (κ1) is 25.6. The molecular weight excluding hydrogens is 492 g/mol. The van der Waals surface area contributed by atoms with Crippen molar-refractivity contribution in [2.24, 2.45) is 28.6 Å². The fourth-order valence-corrected chi connectivity index (χ4v) is 9.79. The molecule has 0 aromatic carbocycles. The highest BCUT2D eigenvalue weighted by Gasteiger charge is 2.71. The molecule has 0 radical (unpaired) electrons. The summed E-state index contributed by atoms with van der Waals surface area (Å²) in [5.74, 6) is -2.06. The Bertz CT molecular complexity index is 1090. The average molecular weight is 533 g/mol. The molecular formula is C29H40O9. The van der Waals surface area contributed by atoms with Crippen molar-refractivity contribution in [2.45, 2.75) is 101 Å². The maximum absolute atomic E-state index is 12.5. The van der Waals surface area contributed by atoms with Gasteiger partial charge in [0.2, 0.25) is 12.1 Å². The molecule has 9 heteroatoms. The van der Waals surface area contributed by atoms with Gasteiger partial charge in [0.05, 0.1) is 24.4 Å². The van der Waals surface area contributed by atoms with Crippen molar-refractivity contribution in [1.82, 2.24) is 0 Å². The molecule has 0 aromatic heterocycles. The molecule has 210 valence electrons. The number of ether oxygens (including phenoxy) is 5. The van der Waals surface area contributed by atoms with Crippen LogP contribution in [0.25, 0.3) is 0 Å². The molecule has 2 saturated heterocycles. The average Bonchev–Trinajstić information content (AvgIpc) is 3.42. The summed E-state index contributed by atoms with van der Waals surface area (Å²) in [5.41, 5.74) is 0.0485. The number of cyclic esters (lactones) is 1. The predicted molar refractivity (Wildman–Crippen MR) is 132 cm³/mol. The molecule has 0 amide bonds. The minimum absolute atomic E-state index is 0.00306. The molecule has 9 nitrogen and oxygen atoms in total. The number of esters is 1. The highest BCUT2D eigenvalue weighted by atomic mass is 16.8. The van der Waals surface area contributed by atoms with Crippen LogP contribution in [0, 0.1) is 28.6 Å². The number of allylic oxidation sites excluding steroid dienone is 1. The third kappa shape index (κ3) is 3.15. The first-order valence-corrected chi connectivity index (χ1v) is 14.2. The van der Waals surface area contributed by atoms with Gasteiger partial charge in [0.15, 0.2) is 0 Å². The van der Waals surface area contributed by atoms with Crippen LogP contribution >= 0.6 is 0 Å². The Labute approximate surface area is 223 Å². The van der Waals surface area contributed by atoms with Crippen LogP contribution in [-0.4, -0.2) is 83.7 Å². The van der Waals surface area contributed by atoms with Crippen molar-refractivity contribution in [3.63, 3.8) is 0 Å². The molecule has 0 aromatic rings. The Balaban J connectivity index is 1.21. The van der Waals surface area contributed by atoms with Crippen LogP contribution in [-0.2, 0) is 28.5 Å². The van der Waals surface area contributed by atoms with Gasteiger partial charge in [-0.1, -0.05) is 25.5 Å². The van der Waals surface area contributed by atoms with Crippen molar-refractivity contribution < 1.29 is 43.8 Å². The van der Waals surface area contributed by atoms with E-state index in [0.717, 1.165) is 24.8 Å². The van der Waals surface area contributed by atoms with Crippen LogP contribution in [0.3, 0.4) is 0 Å². The Morgan fingerprint density at radius 3 is 2.68 bits per heavy atom. The topological polar surface area (TPSA) is 124 Å². The Morgan fingerprint density at radius 1 is 1.13 bits per heavy atom. The van der Waals surface area contributed by atoms with E-state index in [-0.39, 0.29) is 41.8 Å². The summed E-state index contributed by atoms with van der Waals surface area (Å²) < 4.78 is 29.2. The molecule has 3 aliphatic heterocycles. The summed E-state index contributed by atoms with van der Waals surface area (Å²) in [6.45, 7) is 4.92. The van der Waals surface area contributed by atoms with Gasteiger partial charge >= 0.3 is 5.97 Å². The molecule has 0 bridgehead atoms. The van der Waals surface area contributed by atoms with Gasteiger partial charge in [0.1, 0.15) is 18.8 Å². The van der Waals surface area contributed by atoms with Gasteiger partial charge in [0.25, 0.3) is 0 Å². The Morgan fingerprint density at radius 2 is 1.95 bits per heavy atom. The van der Waals surface area contributed by atoms with Gasteiger partial charge in [0, 0.05) is 25.0 Å². The smallest absolute Gasteiger partial charge is 0.331 e. The third-order valence-corrected chi connectivity index (χ3v) is 11.9. The second-order valence-corrected chi connectivity index (χ2v) is 13.2. The number of hydrogen-bond donors (Lipinski definition) is 3. The first-order valence-electron chi connectivity index (χ1n) is 14.2. The van der Waals surface area contributed by atoms with E-state index in [0.29, 0.717) is 32.3 Å². The monoisotopic (exact) mass is 532 g/mol. The summed E-state index contributed by atoms with van der Waals surface area (Å²) >= 11 is 0. The van der Waals surface area contributed by atoms with Crippen LogP contribution < -0.4 is 0 Å². The Hall–Kier alpha value is -1.33. The zero-order valence-corrected chi connectivity index (χ0v) is 22.4. The maximum atomic E-state index is 12.5. The molecule has 38 heavy (non-hydrogen) atoms. The molecule has 4 aliphatic carbocycles. The molecule has 0 spiro atoms. The number of fused-ring (bicyclic) bond motifs is 7. The lowest BCUT2D eigenvalue weighted by Gasteiger charge is -2.64. The molecule has 3 saturated carbocycles. The van der Waals surface area contributed by atoms with Crippen molar-refractivity contribution in [2.75, 3.05) is 20.3 Å². The molecule has 0 unspecified atom stereocenters. The van der Waals surface area contributed by atoms with E-state index < -0.39 is 41.4 Å². The van der Waals surface area contributed by atoms with Gasteiger partial charge in [-0.25, -0.2) is 4.79 Å². The number of methoxy groups -OCH3 is 1. The zero-order chi connectivity index (χ0) is 26.7. The van der Waals surface area contributed by atoms with Gasteiger partial charge < -0.3 is 39.0 Å². The quantitative estimate of drug-likeness (QED) is 0.362. The zero-order valence-electron chi connectivity index (χ0n) is 22.4. The summed E-state index contributed by atoms with van der Waals surface area (Å²) in [5, 5.41) is 35.7. The molecule has 5 fully saturated rings. The lowest BCUT2D eigenvalue weighted by Crippen LogP contribution is -2.69. The van der Waals surface area contributed by atoms with Gasteiger partial charge in [-0.15, -0.1) is 0 Å². The second kappa shape index (κ2) is 8.35. The van der Waals surface area contributed by atoms with Gasteiger partial charge in [-0.05, 0) is 67.3 Å². The van der Waals surface area contributed by atoms with Crippen molar-refractivity contribution >= 4 is 5.97 Å². The maximum Gasteiger partial charge on any atom is 0.331 e. The summed E-state index contributed by atoms with van der Waals surface area (Å²) in [6.07, 6.45) is 5.48. The fourth-order valence-electron chi connectivity index (χ4n) is 9.79. The Kier molecular flexibility index (Phi) is 5.63. The normalized spacial score (nSPS) is 55.5. The van der Waals surface area contributed by atoms with Gasteiger partial charge in [-0.3, -0.25) is 0 Å². The van der Waals surface area contributed by atoms with Crippen LogP contribution in [0.5, 0.6) is 0 Å². The standard InChI is InChI=1S/C29H40O9/c1-26-13-21-20(37-25-29(33,38-21)23(34-3)7-9-35-25)11-16(26)4-5-18-19(26)12-22(30)27(2)17(6-8-28(18,27)32)15-10-24(31)36-14-15/h10-11,17-23,25,30,32-33H,4-9,12-14H2,1-3H3/t17-,18-,19-,20-,21-,22+,23+,25+,26+,27+,28+,29+/m1/s1. The van der Waals surface area contributed by atoms with E-state index in [4.69, 9.17) is 23.7 Å². The predicted octanol–water partition coefficient (Wildman–Crippen LogP) is 1.98. The van der Waals surface area contributed by atoms with Crippen LogP contribution in [0.15, 0.2) is 23.3 Å². The van der Waals surface area contributed by atoms with E-state index >= 15 is 0 Å². The highest BCUT2D eigenvalue weighted by molar-refractivity contribution is 5.85. The molecule has 3 heterocycles. The van der Waals surface area contributed by atoms with Crippen LogP contribution in [0.4, 0.5) is 0 Å². The SMILES string of the molecule is CO[C@H]1CCO[C@H]2O[C@@H]3C=C4CC[C@@H]5[C@@H](C[C@H](O)[C@]6(C)[C@@H](C7=CC(=O)OC7)CC[C@]56O)[C@@]4(C)C[C@H]3O[C@]21O. The second-order valence-electron chi connectivity index (χ2n) is 13.2. The van der Waals surface area contributed by atoms with E-state index in [1.165, 1.54) is 5.57 Å². The minimum atomic E-state index is -1.68. The van der Waals surface area contributed by atoms with Gasteiger partial charge in [-0.2, -0.15) is 0 Å². The van der Waals surface area contributed by atoms with Crippen LogP contribution in [0.2, 0.25) is 0 Å². The van der Waals surface area contributed by atoms with Crippen molar-refractivity contribution in [3.8, 4) is 0 Å². The lowest BCUT2D eigenvalue weighted by atomic mass is 9.44. The molecule has 3 N–H and O–H groups in total. The summed E-state index contributed by atoms with van der Waals surface area (Å²) in [4.78, 5) is 11.8. The third-order valence-electron chi connectivity index (χ3n) is 11.9. The van der Waals surface area contributed by atoms with E-state index in [9.17, 15) is 20.1 Å². The number of carbonyl (C=O) groups is 1. The van der Waals surface area contributed by atoms with Crippen LogP contribution in [0.1, 0.15) is 58.8 Å². The fraction of sp³-hybridized carbons (Fsp3) is 0.828. The number of rotatable bonds is 2. The molecule has 12 atom stereocenters. The number of hydrogen-bond acceptors (Lipinski definition) is 9. The van der Waals surface area contributed by atoms with Crippen molar-refractivity contribution in [1.29, 1.82) is 0 Å². The molecule has 7 rings (SSSR count).